The smallest absolute Gasteiger partial charge is 0.276 e. The van der Waals surface area contributed by atoms with Gasteiger partial charge in [0.25, 0.3) is 5.56 Å². The number of likely N-dealkylation sites (N-methyl/N-ethyl adjacent to an activating group) is 1. The molecule has 0 saturated heterocycles. The van der Waals surface area contributed by atoms with Crippen molar-refractivity contribution in [3.05, 3.63) is 75.7 Å². The van der Waals surface area contributed by atoms with Gasteiger partial charge in [-0.05, 0) is 44.0 Å². The largest absolute Gasteiger partial charge is 0.384 e. The Morgan fingerprint density at radius 3 is 2.81 bits per heavy atom. The molecule has 26 heavy (non-hydrogen) atoms. The number of pyridine rings is 1. The van der Waals surface area contributed by atoms with Crippen molar-refractivity contribution in [1.29, 1.82) is 0 Å². The Hall–Kier alpha value is -2.86. The molecule has 0 amide bonds. The van der Waals surface area contributed by atoms with Crippen LogP contribution in [-0.4, -0.2) is 32.8 Å². The average molecular weight is 349 g/mol. The van der Waals surface area contributed by atoms with Crippen molar-refractivity contribution in [3.63, 3.8) is 0 Å². The predicted molar refractivity (Wildman–Crippen MR) is 102 cm³/mol. The third-order valence-electron chi connectivity index (χ3n) is 5.12. The van der Waals surface area contributed by atoms with Gasteiger partial charge < -0.3 is 5.73 Å². The van der Waals surface area contributed by atoms with E-state index in [4.69, 9.17) is 5.73 Å². The lowest BCUT2D eigenvalue weighted by Crippen LogP contribution is -2.37. The number of nitrogens with one attached hydrogen (secondary N) is 1. The fraction of sp³-hybridized carbons (Fsp3) is 0.300. The Bertz CT molecular complexity index is 960. The Balaban J connectivity index is 1.56. The second kappa shape index (κ2) is 6.80. The highest BCUT2D eigenvalue weighted by Gasteiger charge is 2.27. The number of H-pyrrole nitrogens is 1. The van der Waals surface area contributed by atoms with Crippen molar-refractivity contribution in [3.8, 4) is 5.82 Å². The van der Waals surface area contributed by atoms with Crippen LogP contribution in [-0.2, 0) is 19.4 Å². The maximum Gasteiger partial charge on any atom is 0.276 e. The van der Waals surface area contributed by atoms with Crippen molar-refractivity contribution in [1.82, 2.24) is 19.7 Å². The third kappa shape index (κ3) is 3.15. The summed E-state index contributed by atoms with van der Waals surface area (Å²) in [5.74, 6) is 0.945. The molecular weight excluding hydrogens is 326 g/mol. The minimum atomic E-state index is -0.0177. The summed E-state index contributed by atoms with van der Waals surface area (Å²) in [7, 11) is 2.13. The second-order valence-electron chi connectivity index (χ2n) is 6.93. The zero-order valence-electron chi connectivity index (χ0n) is 14.9. The number of aromatic nitrogens is 3. The van der Waals surface area contributed by atoms with E-state index in [9.17, 15) is 4.79 Å². The molecule has 1 atom stereocenters. The summed E-state index contributed by atoms with van der Waals surface area (Å²) in [6, 6.07) is 16.1. The van der Waals surface area contributed by atoms with Crippen molar-refractivity contribution < 1.29 is 0 Å². The van der Waals surface area contributed by atoms with Crippen LogP contribution in [0.5, 0.6) is 0 Å². The van der Waals surface area contributed by atoms with Crippen LogP contribution in [0.3, 0.4) is 0 Å². The lowest BCUT2D eigenvalue weighted by molar-refractivity contribution is 0.213. The van der Waals surface area contributed by atoms with Gasteiger partial charge in [0.2, 0.25) is 0 Å². The summed E-state index contributed by atoms with van der Waals surface area (Å²) in [5.41, 5.74) is 8.91. The van der Waals surface area contributed by atoms with Crippen LogP contribution in [0.2, 0.25) is 0 Å². The minimum Gasteiger partial charge on any atom is -0.384 e. The number of aryl methyl sites for hydroxylation is 1. The van der Waals surface area contributed by atoms with E-state index >= 15 is 0 Å². The normalized spacial score (nSPS) is 16.6. The molecule has 6 nitrogen and oxygen atoms in total. The van der Waals surface area contributed by atoms with Crippen molar-refractivity contribution in [2.45, 2.75) is 31.8 Å². The molecule has 134 valence electrons. The summed E-state index contributed by atoms with van der Waals surface area (Å²) >= 11 is 0. The van der Waals surface area contributed by atoms with Gasteiger partial charge in [-0.1, -0.05) is 36.4 Å². The molecule has 4 rings (SSSR count). The molecule has 1 unspecified atom stereocenters. The van der Waals surface area contributed by atoms with Gasteiger partial charge in [0.05, 0.1) is 0 Å². The standard InChI is InChI=1S/C20H23N5O/c1-24(13-14-6-3-2-4-7-14)15-10-11-17-16(12-15)20(26)25(23-17)19-9-5-8-18(21)22-19/h2-9,15,23H,10-13H2,1H3,(H2,21,22). The maximum absolute atomic E-state index is 12.9. The highest BCUT2D eigenvalue weighted by molar-refractivity contribution is 5.36. The first kappa shape index (κ1) is 16.6. The van der Waals surface area contributed by atoms with E-state index in [1.54, 1.807) is 18.2 Å². The van der Waals surface area contributed by atoms with Gasteiger partial charge in [0.15, 0.2) is 5.82 Å². The number of hydrogen-bond acceptors (Lipinski definition) is 4. The van der Waals surface area contributed by atoms with Crippen LogP contribution in [0.25, 0.3) is 5.82 Å². The first-order valence-electron chi connectivity index (χ1n) is 8.91. The highest BCUT2D eigenvalue weighted by atomic mass is 16.1. The van der Waals surface area contributed by atoms with Gasteiger partial charge in [-0.15, -0.1) is 0 Å². The molecule has 1 aliphatic rings. The molecule has 1 aliphatic carbocycles. The Morgan fingerprint density at radius 2 is 2.04 bits per heavy atom. The molecule has 2 heterocycles. The van der Waals surface area contributed by atoms with Gasteiger partial charge in [0, 0.05) is 23.8 Å². The summed E-state index contributed by atoms with van der Waals surface area (Å²) in [5, 5.41) is 3.22. The van der Waals surface area contributed by atoms with Crippen LogP contribution < -0.4 is 11.3 Å². The molecule has 0 spiro atoms. The van der Waals surface area contributed by atoms with Crippen molar-refractivity contribution in [2.24, 2.45) is 0 Å². The first-order chi connectivity index (χ1) is 12.6. The number of nitrogens with two attached hydrogens (primary N) is 1. The van der Waals surface area contributed by atoms with E-state index in [2.05, 4.69) is 46.3 Å². The Morgan fingerprint density at radius 1 is 1.23 bits per heavy atom. The fourth-order valence-electron chi connectivity index (χ4n) is 3.69. The number of anilines is 1. The van der Waals surface area contributed by atoms with Crippen molar-refractivity contribution >= 4 is 5.82 Å². The number of benzene rings is 1. The monoisotopic (exact) mass is 349 g/mol. The first-order valence-corrected chi connectivity index (χ1v) is 8.91. The average Bonchev–Trinajstić information content (AvgIpc) is 2.99. The molecule has 6 heteroatoms. The quantitative estimate of drug-likeness (QED) is 0.756. The number of rotatable bonds is 4. The van der Waals surface area contributed by atoms with Gasteiger partial charge in [-0.3, -0.25) is 14.8 Å². The van der Waals surface area contributed by atoms with Gasteiger partial charge in [0.1, 0.15) is 5.82 Å². The van der Waals surface area contributed by atoms with E-state index in [0.717, 1.165) is 37.1 Å². The summed E-state index contributed by atoms with van der Waals surface area (Å²) < 4.78 is 1.51. The lowest BCUT2D eigenvalue weighted by atomic mass is 9.92. The van der Waals surface area contributed by atoms with Crippen LogP contribution in [0.15, 0.2) is 53.3 Å². The number of nitrogens with zero attached hydrogens (tertiary/aromatic N) is 3. The van der Waals surface area contributed by atoms with E-state index in [1.807, 2.05) is 6.07 Å². The molecule has 0 radical (unpaired) electrons. The molecular formula is C20H23N5O. The van der Waals surface area contributed by atoms with E-state index < -0.39 is 0 Å². The number of hydrogen-bond donors (Lipinski definition) is 2. The molecule has 2 aromatic heterocycles. The highest BCUT2D eigenvalue weighted by Crippen LogP contribution is 2.22. The molecule has 0 fully saturated rings. The van der Waals surface area contributed by atoms with Crippen LogP contribution in [0, 0.1) is 0 Å². The van der Waals surface area contributed by atoms with Crippen LogP contribution in [0.4, 0.5) is 5.82 Å². The third-order valence-corrected chi connectivity index (χ3v) is 5.12. The molecule has 3 aromatic rings. The molecule has 0 bridgehead atoms. The summed E-state index contributed by atoms with van der Waals surface area (Å²) in [6.07, 6.45) is 2.65. The number of aromatic amines is 1. The molecule has 1 aromatic carbocycles. The van der Waals surface area contributed by atoms with Gasteiger partial charge in [-0.25, -0.2) is 9.67 Å². The van der Waals surface area contributed by atoms with Gasteiger partial charge in [-0.2, -0.15) is 0 Å². The topological polar surface area (TPSA) is 79.9 Å². The lowest BCUT2D eigenvalue weighted by Gasteiger charge is -2.30. The molecule has 3 N–H and O–H groups in total. The van der Waals surface area contributed by atoms with Crippen LogP contribution in [0.1, 0.15) is 23.2 Å². The SMILES string of the molecule is CN(Cc1ccccc1)C1CCc2[nH]n(-c3cccc(N)n3)c(=O)c2C1. The summed E-state index contributed by atoms with van der Waals surface area (Å²) in [4.78, 5) is 19.5. The second-order valence-corrected chi connectivity index (χ2v) is 6.93. The molecule has 0 aliphatic heterocycles. The minimum absolute atomic E-state index is 0.0177. The van der Waals surface area contributed by atoms with E-state index in [0.29, 0.717) is 17.7 Å². The predicted octanol–water partition coefficient (Wildman–Crippen LogP) is 2.13. The summed E-state index contributed by atoms with van der Waals surface area (Å²) in [6.45, 7) is 0.885. The van der Waals surface area contributed by atoms with Crippen molar-refractivity contribution in [2.75, 3.05) is 12.8 Å². The van der Waals surface area contributed by atoms with E-state index in [-0.39, 0.29) is 5.56 Å². The van der Waals surface area contributed by atoms with E-state index in [1.165, 1.54) is 10.2 Å². The molecule has 0 saturated carbocycles. The van der Waals surface area contributed by atoms with Gasteiger partial charge >= 0.3 is 0 Å². The Kier molecular flexibility index (Phi) is 4.34. The zero-order chi connectivity index (χ0) is 18.1. The fourth-order valence-corrected chi connectivity index (χ4v) is 3.69. The maximum atomic E-state index is 12.9. The zero-order valence-corrected chi connectivity index (χ0v) is 14.9. The Labute approximate surface area is 152 Å². The number of fused-ring (bicyclic) bond motifs is 1. The number of nitrogen functional groups attached to an aromatic ring is 1. The van der Waals surface area contributed by atoms with Crippen LogP contribution >= 0.6 is 0 Å².